The molecule has 1 atom stereocenters. The van der Waals surface area contributed by atoms with Crippen molar-refractivity contribution in [3.05, 3.63) is 17.0 Å². The number of sulfone groups is 1. The van der Waals surface area contributed by atoms with Crippen molar-refractivity contribution in [2.24, 2.45) is 0 Å². The number of nitrogens with zero attached hydrogens (tertiary/aromatic N) is 1. The molecule has 0 bridgehead atoms. The van der Waals surface area contributed by atoms with Gasteiger partial charge in [0, 0.05) is 18.0 Å². The van der Waals surface area contributed by atoms with Gasteiger partial charge in [0.25, 0.3) is 10.0 Å². The summed E-state index contributed by atoms with van der Waals surface area (Å²) in [6, 6.07) is 3.14. The van der Waals surface area contributed by atoms with Crippen LogP contribution in [0.3, 0.4) is 0 Å². The highest BCUT2D eigenvalue weighted by atomic mass is 32.2. The van der Waals surface area contributed by atoms with Crippen LogP contribution in [0.5, 0.6) is 0 Å². The van der Waals surface area contributed by atoms with Gasteiger partial charge in [-0.15, -0.1) is 11.3 Å². The van der Waals surface area contributed by atoms with Crippen molar-refractivity contribution < 1.29 is 26.4 Å². The molecule has 0 unspecified atom stereocenters. The fraction of sp³-hybridized carbons (Fsp3) is 0.667. The molecule has 2 aliphatic heterocycles. The molecule has 3 heterocycles. The summed E-state index contributed by atoms with van der Waals surface area (Å²) in [5, 5.41) is 2.78. The largest absolute Gasteiger partial charge is 0.379 e. The van der Waals surface area contributed by atoms with E-state index in [4.69, 9.17) is 4.74 Å². The molecule has 0 aromatic carbocycles. The summed E-state index contributed by atoms with van der Waals surface area (Å²) in [5.74, 6) is -0.292. The Morgan fingerprint density at radius 3 is 2.65 bits per heavy atom. The number of thiophene rings is 1. The predicted octanol–water partition coefficient (Wildman–Crippen LogP) is 0.00490. The second-order valence-corrected chi connectivity index (χ2v) is 12.4. The lowest BCUT2D eigenvalue weighted by Crippen LogP contribution is -2.47. The summed E-state index contributed by atoms with van der Waals surface area (Å²) in [6.45, 7) is 3.12. The molecular weight excluding hydrogens is 400 g/mol. The lowest BCUT2D eigenvalue weighted by molar-refractivity contribution is -0.121. The van der Waals surface area contributed by atoms with E-state index < -0.39 is 25.4 Å². The Morgan fingerprint density at radius 2 is 2.04 bits per heavy atom. The molecule has 1 N–H and O–H groups in total. The number of ether oxygens (including phenoxy) is 1. The Bertz CT molecular complexity index is 886. The monoisotopic (exact) mass is 422 g/mol. The standard InChI is InChI=1S/C15H22N2O6S3/c1-15(4-9-25(19,20)11-15)16-13(18)10-12-2-3-14(24-12)26(21,22)17-5-7-23-8-6-17/h2-3H,4-11H2,1H3,(H,16,18)/t15-/m1/s1. The van der Waals surface area contributed by atoms with Crippen LogP contribution in [0, 0.1) is 0 Å². The second kappa shape index (κ2) is 7.19. The molecule has 26 heavy (non-hydrogen) atoms. The van der Waals surface area contributed by atoms with E-state index in [0.29, 0.717) is 37.6 Å². The average molecular weight is 423 g/mol. The van der Waals surface area contributed by atoms with Crippen molar-refractivity contribution in [3.8, 4) is 0 Å². The molecule has 0 radical (unpaired) electrons. The zero-order valence-corrected chi connectivity index (χ0v) is 16.9. The van der Waals surface area contributed by atoms with Gasteiger partial charge in [0.1, 0.15) is 4.21 Å². The minimum Gasteiger partial charge on any atom is -0.379 e. The highest BCUT2D eigenvalue weighted by Crippen LogP contribution is 2.27. The van der Waals surface area contributed by atoms with Crippen LogP contribution in [0.1, 0.15) is 18.2 Å². The number of rotatable bonds is 5. The third kappa shape index (κ3) is 4.45. The van der Waals surface area contributed by atoms with Crippen molar-refractivity contribution in [3.63, 3.8) is 0 Å². The van der Waals surface area contributed by atoms with E-state index in [1.165, 1.54) is 10.4 Å². The summed E-state index contributed by atoms with van der Waals surface area (Å²) in [6.07, 6.45) is 0.418. The van der Waals surface area contributed by atoms with E-state index in [9.17, 15) is 21.6 Å². The molecule has 1 amide bonds. The van der Waals surface area contributed by atoms with Gasteiger partial charge in [0.15, 0.2) is 9.84 Å². The van der Waals surface area contributed by atoms with Gasteiger partial charge in [-0.2, -0.15) is 4.31 Å². The molecule has 3 rings (SSSR count). The van der Waals surface area contributed by atoms with Gasteiger partial charge < -0.3 is 10.1 Å². The fourth-order valence-electron chi connectivity index (χ4n) is 3.15. The van der Waals surface area contributed by atoms with Gasteiger partial charge in [-0.3, -0.25) is 4.79 Å². The lowest BCUT2D eigenvalue weighted by atomic mass is 10.0. The summed E-state index contributed by atoms with van der Waals surface area (Å²) in [4.78, 5) is 12.9. The Balaban J connectivity index is 1.64. The zero-order valence-electron chi connectivity index (χ0n) is 14.4. The molecule has 1 aromatic heterocycles. The number of hydrogen-bond donors (Lipinski definition) is 1. The molecule has 1 aromatic rings. The first kappa shape index (κ1) is 19.7. The normalized spacial score (nSPS) is 26.7. The molecule has 2 saturated heterocycles. The van der Waals surface area contributed by atoms with E-state index in [0.717, 1.165) is 11.3 Å². The first-order chi connectivity index (χ1) is 12.1. The maximum absolute atomic E-state index is 12.6. The van der Waals surface area contributed by atoms with Crippen LogP contribution in [0.15, 0.2) is 16.3 Å². The summed E-state index contributed by atoms with van der Waals surface area (Å²) >= 11 is 1.07. The summed E-state index contributed by atoms with van der Waals surface area (Å²) in [7, 11) is -6.67. The van der Waals surface area contributed by atoms with Crippen LogP contribution in [0.2, 0.25) is 0 Å². The van der Waals surface area contributed by atoms with Gasteiger partial charge in [-0.1, -0.05) is 0 Å². The van der Waals surface area contributed by atoms with Crippen molar-refractivity contribution in [2.75, 3.05) is 37.8 Å². The third-order valence-corrected chi connectivity index (χ3v) is 9.83. The number of carbonyl (C=O) groups excluding carboxylic acids is 1. The van der Waals surface area contributed by atoms with Gasteiger partial charge in [-0.25, -0.2) is 16.8 Å². The first-order valence-electron chi connectivity index (χ1n) is 8.28. The van der Waals surface area contributed by atoms with Crippen molar-refractivity contribution >= 4 is 37.1 Å². The maximum Gasteiger partial charge on any atom is 0.252 e. The van der Waals surface area contributed by atoms with Crippen LogP contribution in [0.4, 0.5) is 0 Å². The highest BCUT2D eigenvalue weighted by molar-refractivity contribution is 7.91. The van der Waals surface area contributed by atoms with E-state index in [1.807, 2.05) is 0 Å². The van der Waals surface area contributed by atoms with Gasteiger partial charge >= 0.3 is 0 Å². The number of hydrogen-bond acceptors (Lipinski definition) is 7. The van der Waals surface area contributed by atoms with E-state index in [1.54, 1.807) is 13.0 Å². The fourth-order valence-corrected chi connectivity index (χ4v) is 8.16. The number of amides is 1. The molecule has 0 aliphatic carbocycles. The minimum atomic E-state index is -3.57. The number of carbonyl (C=O) groups is 1. The maximum atomic E-state index is 12.6. The predicted molar refractivity (Wildman–Crippen MR) is 97.4 cm³/mol. The minimum absolute atomic E-state index is 0.0267. The van der Waals surface area contributed by atoms with Crippen LogP contribution in [-0.2, 0) is 35.8 Å². The van der Waals surface area contributed by atoms with Crippen LogP contribution >= 0.6 is 11.3 Å². The van der Waals surface area contributed by atoms with Gasteiger partial charge in [-0.05, 0) is 25.5 Å². The van der Waals surface area contributed by atoms with E-state index in [2.05, 4.69) is 5.32 Å². The highest BCUT2D eigenvalue weighted by Gasteiger charge is 2.39. The quantitative estimate of drug-likeness (QED) is 0.716. The molecule has 2 fully saturated rings. The number of nitrogens with one attached hydrogen (secondary N) is 1. The van der Waals surface area contributed by atoms with Crippen LogP contribution < -0.4 is 5.32 Å². The van der Waals surface area contributed by atoms with Crippen LogP contribution in [-0.4, -0.2) is 70.4 Å². The number of morpholine rings is 1. The molecule has 0 saturated carbocycles. The Hall–Kier alpha value is -1.01. The summed E-state index contributed by atoms with van der Waals surface area (Å²) < 4.78 is 55.2. The first-order valence-corrected chi connectivity index (χ1v) is 12.4. The number of sulfonamides is 1. The molecular formula is C15H22N2O6S3. The van der Waals surface area contributed by atoms with Crippen LogP contribution in [0.25, 0.3) is 0 Å². The topological polar surface area (TPSA) is 110 Å². The van der Waals surface area contributed by atoms with Gasteiger partial charge in [0.2, 0.25) is 5.91 Å². The zero-order chi connectivity index (χ0) is 19.0. The van der Waals surface area contributed by atoms with Crippen molar-refractivity contribution in [1.29, 1.82) is 0 Å². The molecule has 0 spiro atoms. The average Bonchev–Trinajstić information content (AvgIpc) is 3.12. The van der Waals surface area contributed by atoms with Crippen molar-refractivity contribution in [1.82, 2.24) is 9.62 Å². The van der Waals surface area contributed by atoms with E-state index >= 15 is 0 Å². The molecule has 146 valence electrons. The lowest BCUT2D eigenvalue weighted by Gasteiger charge is -2.25. The Morgan fingerprint density at radius 1 is 1.35 bits per heavy atom. The third-order valence-electron chi connectivity index (χ3n) is 4.48. The smallest absolute Gasteiger partial charge is 0.252 e. The Labute approximate surface area is 157 Å². The summed E-state index contributed by atoms with van der Waals surface area (Å²) in [5.41, 5.74) is -0.754. The molecule has 2 aliphatic rings. The van der Waals surface area contributed by atoms with Crippen molar-refractivity contribution in [2.45, 2.75) is 29.5 Å². The van der Waals surface area contributed by atoms with E-state index in [-0.39, 0.29) is 28.0 Å². The van der Waals surface area contributed by atoms with Gasteiger partial charge in [0.05, 0.1) is 36.7 Å². The molecule has 11 heteroatoms. The Kier molecular flexibility index (Phi) is 5.46. The second-order valence-electron chi connectivity index (χ2n) is 6.86. The molecule has 8 nitrogen and oxygen atoms in total. The SMILES string of the molecule is C[C@@]1(NC(=O)Cc2ccc(S(=O)(=O)N3CCOCC3)s2)CCS(=O)(=O)C1.